The highest BCUT2D eigenvalue weighted by atomic mass is 79.9. The first-order chi connectivity index (χ1) is 15.5. The average molecular weight is 490 g/mol. The highest BCUT2D eigenvalue weighted by molar-refractivity contribution is 9.10. The average Bonchev–Trinajstić information content (AvgIpc) is 2.81. The Labute approximate surface area is 194 Å². The van der Waals surface area contributed by atoms with Crippen molar-refractivity contribution in [2.24, 2.45) is 5.10 Å². The van der Waals surface area contributed by atoms with Gasteiger partial charge in [0.05, 0.1) is 6.21 Å². The van der Waals surface area contributed by atoms with Gasteiger partial charge in [-0.05, 0) is 42.0 Å². The van der Waals surface area contributed by atoms with Crippen molar-refractivity contribution in [2.45, 2.75) is 0 Å². The van der Waals surface area contributed by atoms with E-state index < -0.39 is 11.8 Å². The number of phenolic OH excluding ortho intramolecular Hbond substituents is 1. The summed E-state index contributed by atoms with van der Waals surface area (Å²) in [6.07, 6.45) is 6.29. The van der Waals surface area contributed by atoms with E-state index in [-0.39, 0.29) is 11.4 Å². The number of benzene rings is 3. The molecule has 0 bridgehead atoms. The van der Waals surface area contributed by atoms with Crippen LogP contribution in [-0.2, 0) is 4.79 Å². The first-order valence-electron chi connectivity index (χ1n) is 9.64. The molecule has 0 heterocycles. The lowest BCUT2D eigenvalue weighted by Crippen LogP contribution is -2.32. The van der Waals surface area contributed by atoms with Crippen LogP contribution in [0.25, 0.3) is 6.08 Å². The zero-order chi connectivity index (χ0) is 22.8. The fourth-order valence-electron chi connectivity index (χ4n) is 2.63. The SMILES string of the molecule is O=C(NN=Cc1cc(Br)ccc1O)C(=CC=Cc1ccccc1)NC(=O)c1ccccc1. The van der Waals surface area contributed by atoms with Gasteiger partial charge in [-0.2, -0.15) is 5.10 Å². The van der Waals surface area contributed by atoms with E-state index in [2.05, 4.69) is 31.8 Å². The summed E-state index contributed by atoms with van der Waals surface area (Å²) in [5.74, 6) is -1.02. The molecule has 0 atom stereocenters. The molecule has 0 saturated heterocycles. The van der Waals surface area contributed by atoms with Crippen molar-refractivity contribution in [2.75, 3.05) is 0 Å². The van der Waals surface area contributed by atoms with E-state index in [0.717, 1.165) is 10.0 Å². The van der Waals surface area contributed by atoms with Crippen LogP contribution in [-0.4, -0.2) is 23.1 Å². The van der Waals surface area contributed by atoms with Gasteiger partial charge in [-0.15, -0.1) is 0 Å². The Kier molecular flexibility index (Phi) is 8.11. The summed E-state index contributed by atoms with van der Waals surface area (Å²) < 4.78 is 0.754. The van der Waals surface area contributed by atoms with E-state index in [9.17, 15) is 14.7 Å². The Morgan fingerprint density at radius 3 is 2.34 bits per heavy atom. The number of carbonyl (C=O) groups excluding carboxylic acids is 2. The second kappa shape index (κ2) is 11.4. The van der Waals surface area contributed by atoms with E-state index in [0.29, 0.717) is 11.1 Å². The first-order valence-corrected chi connectivity index (χ1v) is 10.4. The zero-order valence-electron chi connectivity index (χ0n) is 16.9. The number of hydrogen-bond acceptors (Lipinski definition) is 4. The van der Waals surface area contributed by atoms with Crippen molar-refractivity contribution < 1.29 is 14.7 Å². The number of nitrogens with zero attached hydrogens (tertiary/aromatic N) is 1. The van der Waals surface area contributed by atoms with Gasteiger partial charge in [0, 0.05) is 15.6 Å². The van der Waals surface area contributed by atoms with Crippen molar-refractivity contribution in [3.05, 3.63) is 118 Å². The molecule has 32 heavy (non-hydrogen) atoms. The minimum atomic E-state index is -0.613. The molecular formula is C25H20BrN3O3. The second-order valence-electron chi connectivity index (χ2n) is 6.57. The molecule has 0 spiro atoms. The Balaban J connectivity index is 1.77. The van der Waals surface area contributed by atoms with Gasteiger partial charge in [-0.1, -0.05) is 76.6 Å². The normalized spacial score (nSPS) is 11.6. The van der Waals surface area contributed by atoms with E-state index in [1.54, 1.807) is 48.5 Å². The van der Waals surface area contributed by atoms with Crippen LogP contribution in [0.4, 0.5) is 0 Å². The minimum Gasteiger partial charge on any atom is -0.507 e. The van der Waals surface area contributed by atoms with E-state index in [1.165, 1.54) is 18.4 Å². The van der Waals surface area contributed by atoms with Crippen LogP contribution in [0.3, 0.4) is 0 Å². The Morgan fingerprint density at radius 1 is 0.938 bits per heavy atom. The van der Waals surface area contributed by atoms with Gasteiger partial charge in [0.2, 0.25) is 0 Å². The molecule has 0 saturated carbocycles. The molecule has 3 aromatic carbocycles. The number of amides is 2. The predicted molar refractivity (Wildman–Crippen MR) is 129 cm³/mol. The van der Waals surface area contributed by atoms with Gasteiger partial charge in [0.1, 0.15) is 11.4 Å². The summed E-state index contributed by atoms with van der Waals surface area (Å²) in [6, 6.07) is 23.0. The molecule has 6 nitrogen and oxygen atoms in total. The van der Waals surface area contributed by atoms with E-state index >= 15 is 0 Å². The number of hydrazone groups is 1. The summed E-state index contributed by atoms with van der Waals surface area (Å²) >= 11 is 3.31. The molecule has 0 unspecified atom stereocenters. The highest BCUT2D eigenvalue weighted by Gasteiger charge is 2.13. The van der Waals surface area contributed by atoms with E-state index in [1.807, 2.05) is 36.4 Å². The third-order valence-corrected chi connectivity index (χ3v) is 4.73. The number of halogens is 1. The van der Waals surface area contributed by atoms with Crippen molar-refractivity contribution in [1.29, 1.82) is 0 Å². The number of phenols is 1. The molecule has 0 fully saturated rings. The van der Waals surface area contributed by atoms with Crippen molar-refractivity contribution in [3.8, 4) is 5.75 Å². The predicted octanol–water partition coefficient (Wildman–Crippen LogP) is 4.63. The monoisotopic (exact) mass is 489 g/mol. The number of allylic oxidation sites excluding steroid dienone is 2. The van der Waals surface area contributed by atoms with Crippen LogP contribution in [0.5, 0.6) is 5.75 Å². The summed E-state index contributed by atoms with van der Waals surface area (Å²) in [7, 11) is 0. The van der Waals surface area contributed by atoms with Crippen LogP contribution in [0.1, 0.15) is 21.5 Å². The van der Waals surface area contributed by atoms with Gasteiger partial charge in [0.15, 0.2) is 0 Å². The maximum atomic E-state index is 12.7. The molecule has 2 amide bonds. The molecule has 3 rings (SSSR count). The minimum absolute atomic E-state index is 0.0154. The summed E-state index contributed by atoms with van der Waals surface area (Å²) in [5, 5.41) is 16.4. The van der Waals surface area contributed by atoms with Gasteiger partial charge in [0.25, 0.3) is 11.8 Å². The molecule has 7 heteroatoms. The Hall–Kier alpha value is -3.97. The van der Waals surface area contributed by atoms with Gasteiger partial charge >= 0.3 is 0 Å². The topological polar surface area (TPSA) is 90.8 Å². The lowest BCUT2D eigenvalue weighted by Gasteiger charge is -2.08. The Bertz CT molecular complexity index is 1170. The Morgan fingerprint density at radius 2 is 1.62 bits per heavy atom. The maximum absolute atomic E-state index is 12.7. The van der Waals surface area contributed by atoms with Crippen LogP contribution < -0.4 is 10.7 Å². The number of rotatable bonds is 7. The van der Waals surface area contributed by atoms with Crippen LogP contribution in [0.15, 0.2) is 106 Å². The fourth-order valence-corrected chi connectivity index (χ4v) is 3.01. The second-order valence-corrected chi connectivity index (χ2v) is 7.49. The lowest BCUT2D eigenvalue weighted by molar-refractivity contribution is -0.117. The van der Waals surface area contributed by atoms with Gasteiger partial charge in [-0.25, -0.2) is 5.43 Å². The molecule has 0 aromatic heterocycles. The molecule has 3 aromatic rings. The van der Waals surface area contributed by atoms with E-state index in [4.69, 9.17) is 0 Å². The molecule has 160 valence electrons. The first kappa shape index (κ1) is 22.7. The number of aromatic hydroxyl groups is 1. The summed E-state index contributed by atoms with van der Waals surface area (Å²) in [6.45, 7) is 0. The lowest BCUT2D eigenvalue weighted by atomic mass is 10.2. The van der Waals surface area contributed by atoms with Crippen LogP contribution in [0.2, 0.25) is 0 Å². The quantitative estimate of drug-likeness (QED) is 0.195. The zero-order valence-corrected chi connectivity index (χ0v) is 18.5. The molecular weight excluding hydrogens is 470 g/mol. The number of carbonyl (C=O) groups is 2. The molecule has 0 aliphatic carbocycles. The van der Waals surface area contributed by atoms with Crippen molar-refractivity contribution in [1.82, 2.24) is 10.7 Å². The number of nitrogens with one attached hydrogen (secondary N) is 2. The molecule has 0 radical (unpaired) electrons. The third-order valence-electron chi connectivity index (χ3n) is 4.24. The van der Waals surface area contributed by atoms with Gasteiger partial charge < -0.3 is 10.4 Å². The molecule has 0 aliphatic heterocycles. The molecule has 3 N–H and O–H groups in total. The van der Waals surface area contributed by atoms with Crippen LogP contribution >= 0.6 is 15.9 Å². The van der Waals surface area contributed by atoms with Gasteiger partial charge in [-0.3, -0.25) is 9.59 Å². The highest BCUT2D eigenvalue weighted by Crippen LogP contribution is 2.19. The fraction of sp³-hybridized carbons (Fsp3) is 0. The molecule has 0 aliphatic rings. The largest absolute Gasteiger partial charge is 0.507 e. The smallest absolute Gasteiger partial charge is 0.287 e. The maximum Gasteiger partial charge on any atom is 0.287 e. The van der Waals surface area contributed by atoms with Crippen LogP contribution in [0, 0.1) is 0 Å². The third kappa shape index (κ3) is 6.78. The van der Waals surface area contributed by atoms with Crippen molar-refractivity contribution >= 4 is 40.0 Å². The van der Waals surface area contributed by atoms with Crippen molar-refractivity contribution in [3.63, 3.8) is 0 Å². The number of hydrogen-bond donors (Lipinski definition) is 3. The summed E-state index contributed by atoms with van der Waals surface area (Å²) in [5.41, 5.74) is 4.17. The standard InChI is InChI=1S/C25H20BrN3O3/c26-21-14-15-23(30)20(16-21)17-27-29-25(32)22(13-7-10-18-8-3-1-4-9-18)28-24(31)19-11-5-2-6-12-19/h1-17,30H,(H,28,31)(H,29,32). The summed E-state index contributed by atoms with van der Waals surface area (Å²) in [4.78, 5) is 25.2.